The maximum atomic E-state index is 13.2. The third-order valence-electron chi connectivity index (χ3n) is 3.63. The van der Waals surface area contributed by atoms with Gasteiger partial charge in [-0.05, 0) is 48.5 Å². The molecule has 0 atom stereocenters. The lowest BCUT2D eigenvalue weighted by molar-refractivity contribution is 0.102. The summed E-state index contributed by atoms with van der Waals surface area (Å²) in [6.07, 6.45) is 0. The van der Waals surface area contributed by atoms with Crippen LogP contribution in [0.2, 0.25) is 0 Å². The number of rotatable bonds is 5. The molecule has 0 heterocycles. The van der Waals surface area contributed by atoms with Crippen LogP contribution in [0.15, 0.2) is 77.7 Å². The van der Waals surface area contributed by atoms with Gasteiger partial charge in [-0.15, -0.1) is 0 Å². The SMILES string of the molecule is O=C(Nc1ccc(F)c(F)c1)c1ccc(S(=O)(=O)Nc2ccccc2)cc1. The van der Waals surface area contributed by atoms with E-state index < -0.39 is 27.6 Å². The fourth-order valence-electron chi connectivity index (χ4n) is 2.28. The van der Waals surface area contributed by atoms with E-state index in [9.17, 15) is 22.0 Å². The molecular formula is C19H14F2N2O3S. The number of sulfonamides is 1. The number of hydrogen-bond acceptors (Lipinski definition) is 3. The van der Waals surface area contributed by atoms with Crippen LogP contribution in [0.5, 0.6) is 0 Å². The first-order valence-corrected chi connectivity index (χ1v) is 9.28. The number of para-hydroxylation sites is 1. The second-order valence-corrected chi connectivity index (χ2v) is 7.26. The van der Waals surface area contributed by atoms with Crippen LogP contribution in [0.4, 0.5) is 20.2 Å². The van der Waals surface area contributed by atoms with Gasteiger partial charge in [0.05, 0.1) is 4.90 Å². The molecule has 5 nitrogen and oxygen atoms in total. The van der Waals surface area contributed by atoms with Crippen LogP contribution in [0.25, 0.3) is 0 Å². The van der Waals surface area contributed by atoms with E-state index in [1.54, 1.807) is 30.3 Å². The Balaban J connectivity index is 1.74. The van der Waals surface area contributed by atoms with Gasteiger partial charge in [-0.2, -0.15) is 0 Å². The molecule has 0 aliphatic rings. The minimum atomic E-state index is -3.80. The zero-order valence-electron chi connectivity index (χ0n) is 13.8. The van der Waals surface area contributed by atoms with Crippen LogP contribution in [-0.2, 0) is 10.0 Å². The summed E-state index contributed by atoms with van der Waals surface area (Å²) < 4.78 is 53.3. The molecule has 0 radical (unpaired) electrons. The van der Waals surface area contributed by atoms with Crippen molar-refractivity contribution in [3.8, 4) is 0 Å². The van der Waals surface area contributed by atoms with Crippen molar-refractivity contribution < 1.29 is 22.0 Å². The normalized spacial score (nSPS) is 11.0. The Bertz CT molecular complexity index is 1070. The highest BCUT2D eigenvalue weighted by Gasteiger charge is 2.15. The third-order valence-corrected chi connectivity index (χ3v) is 5.03. The van der Waals surface area contributed by atoms with Gasteiger partial charge in [0, 0.05) is 23.0 Å². The first kappa shape index (κ1) is 18.5. The van der Waals surface area contributed by atoms with Crippen molar-refractivity contribution in [1.82, 2.24) is 0 Å². The summed E-state index contributed by atoms with van der Waals surface area (Å²) in [5, 5.41) is 2.41. The third kappa shape index (κ3) is 4.48. The number of carbonyl (C=O) groups excluding carboxylic acids is 1. The lowest BCUT2D eigenvalue weighted by atomic mass is 10.2. The van der Waals surface area contributed by atoms with Crippen molar-refractivity contribution in [3.05, 3.63) is 90.0 Å². The molecule has 0 aliphatic heterocycles. The first-order valence-electron chi connectivity index (χ1n) is 7.79. The quantitative estimate of drug-likeness (QED) is 0.693. The predicted molar refractivity (Wildman–Crippen MR) is 98.0 cm³/mol. The minimum Gasteiger partial charge on any atom is -0.322 e. The van der Waals surface area contributed by atoms with Crippen LogP contribution in [0, 0.1) is 11.6 Å². The van der Waals surface area contributed by atoms with E-state index in [1.807, 2.05) is 0 Å². The zero-order valence-corrected chi connectivity index (χ0v) is 14.6. The molecule has 3 rings (SSSR count). The van der Waals surface area contributed by atoms with Gasteiger partial charge < -0.3 is 5.32 Å². The Morgan fingerprint density at radius 3 is 2.07 bits per heavy atom. The molecule has 0 spiro atoms. The van der Waals surface area contributed by atoms with Crippen molar-refractivity contribution in [2.75, 3.05) is 10.0 Å². The van der Waals surface area contributed by atoms with Crippen LogP contribution < -0.4 is 10.0 Å². The fourth-order valence-corrected chi connectivity index (χ4v) is 3.34. The van der Waals surface area contributed by atoms with E-state index in [4.69, 9.17) is 0 Å². The molecule has 1 amide bonds. The summed E-state index contributed by atoms with van der Waals surface area (Å²) in [5.74, 6) is -2.68. The molecule has 0 bridgehead atoms. The number of anilines is 2. The van der Waals surface area contributed by atoms with Crippen LogP contribution in [0.3, 0.4) is 0 Å². The molecule has 0 fully saturated rings. The van der Waals surface area contributed by atoms with Crippen LogP contribution >= 0.6 is 0 Å². The average Bonchev–Trinajstić information content (AvgIpc) is 2.65. The van der Waals surface area contributed by atoms with Crippen LogP contribution in [-0.4, -0.2) is 14.3 Å². The maximum Gasteiger partial charge on any atom is 0.261 e. The number of amides is 1. The molecule has 27 heavy (non-hydrogen) atoms. The van der Waals surface area contributed by atoms with Gasteiger partial charge in [0.15, 0.2) is 11.6 Å². The molecule has 0 aliphatic carbocycles. The van der Waals surface area contributed by atoms with E-state index in [1.165, 1.54) is 30.3 Å². The number of benzene rings is 3. The Morgan fingerprint density at radius 1 is 0.778 bits per heavy atom. The number of nitrogens with one attached hydrogen (secondary N) is 2. The Hall–Kier alpha value is -3.26. The highest BCUT2D eigenvalue weighted by atomic mass is 32.2. The summed E-state index contributed by atoms with van der Waals surface area (Å²) in [6.45, 7) is 0. The van der Waals surface area contributed by atoms with E-state index in [0.29, 0.717) is 5.69 Å². The van der Waals surface area contributed by atoms with Crippen molar-refractivity contribution in [2.45, 2.75) is 4.90 Å². The predicted octanol–water partition coefficient (Wildman–Crippen LogP) is 4.02. The second kappa shape index (κ2) is 7.55. The molecule has 3 aromatic carbocycles. The van der Waals surface area contributed by atoms with Gasteiger partial charge in [0.1, 0.15) is 0 Å². The van der Waals surface area contributed by atoms with Gasteiger partial charge in [-0.1, -0.05) is 18.2 Å². The molecule has 0 unspecified atom stereocenters. The summed E-state index contributed by atoms with van der Waals surface area (Å²) in [4.78, 5) is 12.2. The Kier molecular flexibility index (Phi) is 5.18. The first-order chi connectivity index (χ1) is 12.8. The molecule has 0 aromatic heterocycles. The number of halogens is 2. The lowest BCUT2D eigenvalue weighted by Gasteiger charge is -2.09. The van der Waals surface area contributed by atoms with Crippen molar-refractivity contribution in [1.29, 1.82) is 0 Å². The van der Waals surface area contributed by atoms with Crippen molar-refractivity contribution in [3.63, 3.8) is 0 Å². The summed E-state index contributed by atoms with van der Waals surface area (Å²) >= 11 is 0. The van der Waals surface area contributed by atoms with Crippen LogP contribution in [0.1, 0.15) is 10.4 Å². The van der Waals surface area contributed by atoms with Gasteiger partial charge in [-0.25, -0.2) is 17.2 Å². The average molecular weight is 388 g/mol. The highest BCUT2D eigenvalue weighted by molar-refractivity contribution is 7.92. The standard InChI is InChI=1S/C19H14F2N2O3S/c20-17-11-8-15(12-18(17)21)22-19(24)13-6-9-16(10-7-13)27(25,26)23-14-4-2-1-3-5-14/h1-12,23H,(H,22,24). The second-order valence-electron chi connectivity index (χ2n) is 5.58. The zero-order chi connectivity index (χ0) is 19.4. The largest absolute Gasteiger partial charge is 0.322 e. The van der Waals surface area contributed by atoms with E-state index in [-0.39, 0.29) is 16.1 Å². The van der Waals surface area contributed by atoms with Gasteiger partial charge >= 0.3 is 0 Å². The monoisotopic (exact) mass is 388 g/mol. The van der Waals surface area contributed by atoms with Crippen molar-refractivity contribution in [2.24, 2.45) is 0 Å². The van der Waals surface area contributed by atoms with Gasteiger partial charge in [0.25, 0.3) is 15.9 Å². The molecular weight excluding hydrogens is 374 g/mol. The molecule has 138 valence electrons. The highest BCUT2D eigenvalue weighted by Crippen LogP contribution is 2.18. The van der Waals surface area contributed by atoms with E-state index in [0.717, 1.165) is 12.1 Å². The number of carbonyl (C=O) groups is 1. The molecule has 0 saturated carbocycles. The van der Waals surface area contributed by atoms with Crippen molar-refractivity contribution >= 4 is 27.3 Å². The summed E-state index contributed by atoms with van der Waals surface area (Å²) in [5.41, 5.74) is 0.664. The Labute approximate surface area is 154 Å². The van der Waals surface area contributed by atoms with E-state index >= 15 is 0 Å². The molecule has 2 N–H and O–H groups in total. The molecule has 3 aromatic rings. The number of hydrogen-bond donors (Lipinski definition) is 2. The summed E-state index contributed by atoms with van der Waals surface area (Å²) in [7, 11) is -3.80. The Morgan fingerprint density at radius 2 is 1.44 bits per heavy atom. The molecule has 8 heteroatoms. The fraction of sp³-hybridized carbons (Fsp3) is 0. The van der Waals surface area contributed by atoms with E-state index in [2.05, 4.69) is 10.0 Å². The minimum absolute atomic E-state index is 0.0178. The topological polar surface area (TPSA) is 75.3 Å². The smallest absolute Gasteiger partial charge is 0.261 e. The van der Waals surface area contributed by atoms with Gasteiger partial charge in [-0.3, -0.25) is 9.52 Å². The molecule has 0 saturated heterocycles. The van der Waals surface area contributed by atoms with Gasteiger partial charge in [0.2, 0.25) is 0 Å². The summed E-state index contributed by atoms with van der Waals surface area (Å²) in [6, 6.07) is 16.6. The maximum absolute atomic E-state index is 13.2. The lowest BCUT2D eigenvalue weighted by Crippen LogP contribution is -2.15.